The first kappa shape index (κ1) is 21.0. The molecule has 2 heterocycles. The van der Waals surface area contributed by atoms with Crippen molar-refractivity contribution in [3.63, 3.8) is 0 Å². The van der Waals surface area contributed by atoms with Gasteiger partial charge in [0.1, 0.15) is 0 Å². The molecule has 8 nitrogen and oxygen atoms in total. The van der Waals surface area contributed by atoms with Crippen LogP contribution in [-0.2, 0) is 0 Å². The van der Waals surface area contributed by atoms with Crippen molar-refractivity contribution >= 4 is 62.3 Å². The fraction of sp³-hybridized carbons (Fsp3) is 0.0435. The lowest BCUT2D eigenvalue weighted by Gasteiger charge is -2.13. The number of thioether (sulfide) groups is 1. The number of hydrogen-bond donors (Lipinski definition) is 0. The van der Waals surface area contributed by atoms with Gasteiger partial charge in [-0.15, -0.1) is 11.3 Å². The largest absolute Gasteiger partial charge is 0.293 e. The van der Waals surface area contributed by atoms with Crippen molar-refractivity contribution in [2.24, 2.45) is 0 Å². The van der Waals surface area contributed by atoms with E-state index in [2.05, 4.69) is 4.98 Å². The Hall–Kier alpha value is -3.89. The van der Waals surface area contributed by atoms with E-state index in [0.29, 0.717) is 21.1 Å². The van der Waals surface area contributed by atoms with Crippen molar-refractivity contribution in [3.8, 4) is 0 Å². The topological polar surface area (TPSA) is 110 Å². The number of hydrogen-bond acceptors (Lipinski definition) is 8. The maximum absolute atomic E-state index is 12.9. The van der Waals surface area contributed by atoms with Crippen molar-refractivity contribution in [2.45, 2.75) is 4.34 Å². The number of fused-ring (bicyclic) bond motifs is 2. The highest BCUT2D eigenvalue weighted by molar-refractivity contribution is 8.01. The van der Waals surface area contributed by atoms with Gasteiger partial charge in [0.05, 0.1) is 37.7 Å². The molecule has 162 valence electrons. The van der Waals surface area contributed by atoms with Crippen molar-refractivity contribution in [2.75, 3.05) is 10.7 Å². The van der Waals surface area contributed by atoms with Crippen LogP contribution in [-0.4, -0.2) is 33.3 Å². The van der Waals surface area contributed by atoms with Crippen LogP contribution in [0, 0.1) is 10.1 Å². The van der Waals surface area contributed by atoms with Gasteiger partial charge in [0, 0.05) is 17.7 Å². The highest BCUT2D eigenvalue weighted by Gasteiger charge is 2.38. The van der Waals surface area contributed by atoms with E-state index in [1.165, 1.54) is 35.2 Å². The maximum atomic E-state index is 12.9. The van der Waals surface area contributed by atoms with Gasteiger partial charge in [-0.2, -0.15) is 0 Å². The summed E-state index contributed by atoms with van der Waals surface area (Å²) in [5, 5.41) is 11.0. The molecule has 0 bridgehead atoms. The Labute approximate surface area is 195 Å². The van der Waals surface area contributed by atoms with Gasteiger partial charge in [-0.05, 0) is 24.3 Å². The number of thiazole rings is 1. The van der Waals surface area contributed by atoms with Gasteiger partial charge in [0.2, 0.25) is 0 Å². The molecule has 2 amide bonds. The van der Waals surface area contributed by atoms with E-state index in [1.807, 2.05) is 18.2 Å². The molecule has 1 aliphatic rings. The fourth-order valence-electron chi connectivity index (χ4n) is 3.50. The molecule has 0 N–H and O–H groups in total. The number of benzene rings is 3. The molecule has 0 unspecified atom stereocenters. The average molecular weight is 476 g/mol. The molecule has 5 rings (SSSR count). The minimum Gasteiger partial charge on any atom is -0.293 e. The van der Waals surface area contributed by atoms with Crippen LogP contribution in [0.3, 0.4) is 0 Å². The third-order valence-electron chi connectivity index (χ3n) is 5.11. The maximum Gasteiger partial charge on any atom is 0.270 e. The molecule has 0 atom stereocenters. The van der Waals surface area contributed by atoms with Gasteiger partial charge in [0.15, 0.2) is 10.1 Å². The molecule has 4 aromatic rings. The monoisotopic (exact) mass is 475 g/mol. The number of nitro benzene ring substituents is 1. The van der Waals surface area contributed by atoms with Gasteiger partial charge in [-0.1, -0.05) is 42.1 Å². The van der Waals surface area contributed by atoms with E-state index < -0.39 is 16.7 Å². The Kier molecular flexibility index (Phi) is 5.23. The number of nitro groups is 1. The number of Topliss-reactive ketones (excluding diaryl/α,β-unsaturated/α-hetero) is 1. The van der Waals surface area contributed by atoms with E-state index in [4.69, 9.17) is 0 Å². The summed E-state index contributed by atoms with van der Waals surface area (Å²) in [6, 6.07) is 17.7. The highest BCUT2D eigenvalue weighted by Crippen LogP contribution is 2.35. The minimum atomic E-state index is -0.606. The average Bonchev–Trinajstić information content (AvgIpc) is 3.35. The summed E-state index contributed by atoms with van der Waals surface area (Å²) in [5.41, 5.74) is 1.57. The zero-order chi connectivity index (χ0) is 23.1. The summed E-state index contributed by atoms with van der Waals surface area (Å²) < 4.78 is 1.45. The minimum absolute atomic E-state index is 0.000614. The predicted octanol–water partition coefficient (Wildman–Crippen LogP) is 4.98. The predicted molar refractivity (Wildman–Crippen MR) is 125 cm³/mol. The van der Waals surface area contributed by atoms with Crippen LogP contribution in [0.1, 0.15) is 31.1 Å². The summed E-state index contributed by atoms with van der Waals surface area (Å²) in [6.07, 6.45) is 0. The lowest BCUT2D eigenvalue weighted by Crippen LogP contribution is -2.29. The summed E-state index contributed by atoms with van der Waals surface area (Å²) in [4.78, 5) is 54.0. The molecule has 1 aliphatic heterocycles. The second kappa shape index (κ2) is 8.23. The number of rotatable bonds is 6. The lowest BCUT2D eigenvalue weighted by atomic mass is 10.1. The van der Waals surface area contributed by atoms with E-state index in [0.717, 1.165) is 15.7 Å². The van der Waals surface area contributed by atoms with Crippen molar-refractivity contribution < 1.29 is 19.3 Å². The number of imide groups is 1. The van der Waals surface area contributed by atoms with Crippen LogP contribution < -0.4 is 4.90 Å². The highest BCUT2D eigenvalue weighted by atomic mass is 32.2. The van der Waals surface area contributed by atoms with Crippen LogP contribution in [0.5, 0.6) is 0 Å². The Morgan fingerprint density at radius 1 is 1.00 bits per heavy atom. The van der Waals surface area contributed by atoms with Crippen molar-refractivity contribution in [1.82, 2.24) is 4.98 Å². The van der Waals surface area contributed by atoms with Crippen LogP contribution in [0.15, 0.2) is 71.1 Å². The first-order valence-electron chi connectivity index (χ1n) is 9.71. The van der Waals surface area contributed by atoms with Crippen molar-refractivity contribution in [3.05, 3.63) is 93.5 Å². The summed E-state index contributed by atoms with van der Waals surface area (Å²) in [5.74, 6) is -0.892. The third kappa shape index (κ3) is 3.79. The van der Waals surface area contributed by atoms with E-state index in [-0.39, 0.29) is 28.4 Å². The Balaban J connectivity index is 1.39. The van der Waals surface area contributed by atoms with E-state index in [9.17, 15) is 24.5 Å². The molecule has 0 radical (unpaired) electrons. The van der Waals surface area contributed by atoms with Crippen LogP contribution in [0.4, 0.5) is 11.4 Å². The van der Waals surface area contributed by atoms with Crippen LogP contribution >= 0.6 is 23.1 Å². The first-order chi connectivity index (χ1) is 15.9. The van der Waals surface area contributed by atoms with Gasteiger partial charge < -0.3 is 0 Å². The molecule has 0 aliphatic carbocycles. The molecule has 3 aromatic carbocycles. The second-order valence-electron chi connectivity index (χ2n) is 7.14. The van der Waals surface area contributed by atoms with Gasteiger partial charge >= 0.3 is 0 Å². The number of amides is 2. The molecule has 0 spiro atoms. The summed E-state index contributed by atoms with van der Waals surface area (Å²) >= 11 is 2.69. The Bertz CT molecular complexity index is 1470. The number of anilines is 1. The molecular formula is C23H13N3O5S2. The smallest absolute Gasteiger partial charge is 0.270 e. The molecule has 0 saturated heterocycles. The molecular weight excluding hydrogens is 462 g/mol. The molecule has 0 saturated carbocycles. The second-order valence-corrected chi connectivity index (χ2v) is 9.40. The van der Waals surface area contributed by atoms with E-state index >= 15 is 0 Å². The number of nitrogens with zero attached hydrogens (tertiary/aromatic N) is 3. The van der Waals surface area contributed by atoms with Crippen LogP contribution in [0.25, 0.3) is 10.2 Å². The summed E-state index contributed by atoms with van der Waals surface area (Å²) in [7, 11) is 0. The van der Waals surface area contributed by atoms with E-state index in [1.54, 1.807) is 30.3 Å². The van der Waals surface area contributed by atoms with Gasteiger partial charge in [-0.3, -0.25) is 24.5 Å². The zero-order valence-corrected chi connectivity index (χ0v) is 18.4. The lowest BCUT2D eigenvalue weighted by molar-refractivity contribution is -0.384. The van der Waals surface area contributed by atoms with Gasteiger partial charge in [-0.25, -0.2) is 9.88 Å². The summed E-state index contributed by atoms with van der Waals surface area (Å²) in [6.45, 7) is 0. The number of carbonyl (C=O) groups excluding carboxylic acids is 3. The number of carbonyl (C=O) groups is 3. The Morgan fingerprint density at radius 3 is 2.52 bits per heavy atom. The molecule has 33 heavy (non-hydrogen) atoms. The SMILES string of the molecule is O=C(CSc1nc2ccc(N3C(=O)c4ccc([N+](=O)[O-])cc4C3=O)cc2s1)c1ccccc1. The van der Waals surface area contributed by atoms with Crippen molar-refractivity contribution in [1.29, 1.82) is 0 Å². The quantitative estimate of drug-likeness (QED) is 0.127. The zero-order valence-electron chi connectivity index (χ0n) is 16.8. The first-order valence-corrected chi connectivity index (χ1v) is 11.5. The van der Waals surface area contributed by atoms with Gasteiger partial charge in [0.25, 0.3) is 17.5 Å². The number of ketones is 1. The third-order valence-corrected chi connectivity index (χ3v) is 7.28. The standard InChI is InChI=1S/C23H13N3O5S2/c27-19(13-4-2-1-3-5-13)12-32-23-24-18-9-7-14(11-20(18)33-23)25-21(28)16-8-6-15(26(30)31)10-17(16)22(25)29/h1-11H,12H2. The molecule has 0 fully saturated rings. The molecule has 1 aromatic heterocycles. The number of non-ortho nitro benzene ring substituents is 1. The van der Waals surface area contributed by atoms with Crippen LogP contribution in [0.2, 0.25) is 0 Å². The fourth-order valence-corrected chi connectivity index (χ4v) is 5.50. The molecule has 10 heteroatoms. The number of aromatic nitrogens is 1. The Morgan fingerprint density at radius 2 is 1.76 bits per heavy atom. The normalized spacial score (nSPS) is 12.9.